The minimum Gasteiger partial charge on any atom is -0.493 e. The summed E-state index contributed by atoms with van der Waals surface area (Å²) in [5.74, 6) is 1.15. The molecule has 1 amide bonds. The Morgan fingerprint density at radius 2 is 2.07 bits per heavy atom. The van der Waals surface area contributed by atoms with E-state index in [1.165, 1.54) is 6.07 Å². The average molecular weight is 367 g/mol. The van der Waals surface area contributed by atoms with Gasteiger partial charge in [0.25, 0.3) is 0 Å². The Labute approximate surface area is 155 Å². The van der Waals surface area contributed by atoms with Crippen LogP contribution < -0.4 is 14.8 Å². The Kier molecular flexibility index (Phi) is 4.50. The van der Waals surface area contributed by atoms with Crippen LogP contribution in [0.2, 0.25) is 0 Å². The molecule has 1 aliphatic rings. The van der Waals surface area contributed by atoms with E-state index < -0.39 is 0 Å². The van der Waals surface area contributed by atoms with Crippen LogP contribution in [0.15, 0.2) is 48.7 Å². The van der Waals surface area contributed by atoms with Crippen molar-refractivity contribution in [3.05, 3.63) is 71.2 Å². The molecule has 6 nitrogen and oxygen atoms in total. The van der Waals surface area contributed by atoms with Gasteiger partial charge >= 0.3 is 0 Å². The van der Waals surface area contributed by atoms with Crippen molar-refractivity contribution in [1.82, 2.24) is 10.2 Å². The largest absolute Gasteiger partial charge is 0.493 e. The monoisotopic (exact) mass is 367 g/mol. The number of H-pyrrole nitrogens is 1. The van der Waals surface area contributed by atoms with Crippen LogP contribution in [0.5, 0.6) is 11.5 Å². The third-order valence-electron chi connectivity index (χ3n) is 4.63. The standard InChI is InChI=1S/C20H18FN3O3/c1-26-18-8-12(14-9-19(25)23-20-15(14)10-22-24-20)6-7-17(18)27-11-13-4-2-3-5-16(13)21/h2-8,10,14H,9,11H2,1H3,(H2,22,23,24,25)/t14-/m0/s1. The SMILES string of the molecule is COc1cc([C@@H]2CC(=O)Nc3[nH]ncc32)ccc1OCc1ccccc1F. The summed E-state index contributed by atoms with van der Waals surface area (Å²) in [4.78, 5) is 12.0. The zero-order chi connectivity index (χ0) is 18.8. The van der Waals surface area contributed by atoms with Gasteiger partial charge in [0.05, 0.1) is 13.3 Å². The molecule has 138 valence electrons. The smallest absolute Gasteiger partial charge is 0.226 e. The van der Waals surface area contributed by atoms with E-state index in [4.69, 9.17) is 9.47 Å². The van der Waals surface area contributed by atoms with E-state index in [9.17, 15) is 9.18 Å². The first-order valence-corrected chi connectivity index (χ1v) is 8.53. The molecule has 0 spiro atoms. The molecule has 2 aromatic carbocycles. The highest BCUT2D eigenvalue weighted by molar-refractivity contribution is 5.94. The molecular weight excluding hydrogens is 349 g/mol. The average Bonchev–Trinajstić information content (AvgIpc) is 3.15. The number of amides is 1. The van der Waals surface area contributed by atoms with Crippen LogP contribution in [-0.4, -0.2) is 23.2 Å². The first-order valence-electron chi connectivity index (χ1n) is 8.53. The number of rotatable bonds is 5. The molecule has 0 unspecified atom stereocenters. The van der Waals surface area contributed by atoms with Gasteiger partial charge in [0.15, 0.2) is 11.5 Å². The molecule has 1 aromatic heterocycles. The third kappa shape index (κ3) is 3.36. The summed E-state index contributed by atoms with van der Waals surface area (Å²) in [7, 11) is 1.55. The first-order chi connectivity index (χ1) is 13.2. The highest BCUT2D eigenvalue weighted by Gasteiger charge is 2.28. The van der Waals surface area contributed by atoms with Crippen molar-refractivity contribution in [2.45, 2.75) is 18.9 Å². The van der Waals surface area contributed by atoms with E-state index in [0.29, 0.717) is 29.3 Å². The normalized spacial score (nSPS) is 15.8. The van der Waals surface area contributed by atoms with Gasteiger partial charge in [0, 0.05) is 23.5 Å². The minimum atomic E-state index is -0.311. The van der Waals surface area contributed by atoms with Crippen LogP contribution in [-0.2, 0) is 11.4 Å². The molecule has 1 aliphatic heterocycles. The van der Waals surface area contributed by atoms with Crippen LogP contribution in [0.3, 0.4) is 0 Å². The van der Waals surface area contributed by atoms with Gasteiger partial charge in [0.1, 0.15) is 18.2 Å². The summed E-state index contributed by atoms with van der Waals surface area (Å²) in [5.41, 5.74) is 2.31. The minimum absolute atomic E-state index is 0.0735. The molecule has 0 aliphatic carbocycles. The summed E-state index contributed by atoms with van der Waals surface area (Å²) in [6, 6.07) is 12.0. The van der Waals surface area contributed by atoms with Crippen LogP contribution in [0.1, 0.15) is 29.0 Å². The van der Waals surface area contributed by atoms with Gasteiger partial charge in [-0.25, -0.2) is 4.39 Å². The summed E-state index contributed by atoms with van der Waals surface area (Å²) >= 11 is 0. The van der Waals surface area contributed by atoms with Crippen molar-refractivity contribution in [3.8, 4) is 11.5 Å². The van der Waals surface area contributed by atoms with Gasteiger partial charge in [-0.2, -0.15) is 5.10 Å². The fourth-order valence-electron chi connectivity index (χ4n) is 3.23. The van der Waals surface area contributed by atoms with Crippen molar-refractivity contribution in [1.29, 1.82) is 0 Å². The second-order valence-corrected chi connectivity index (χ2v) is 6.30. The zero-order valence-corrected chi connectivity index (χ0v) is 14.7. The second-order valence-electron chi connectivity index (χ2n) is 6.30. The molecule has 2 N–H and O–H groups in total. The maximum absolute atomic E-state index is 13.8. The zero-order valence-electron chi connectivity index (χ0n) is 14.7. The Hall–Kier alpha value is -3.35. The Morgan fingerprint density at radius 3 is 2.89 bits per heavy atom. The quantitative estimate of drug-likeness (QED) is 0.722. The molecule has 1 atom stereocenters. The van der Waals surface area contributed by atoms with Crippen molar-refractivity contribution in [2.24, 2.45) is 0 Å². The number of halogens is 1. The highest BCUT2D eigenvalue weighted by atomic mass is 19.1. The summed E-state index contributed by atoms with van der Waals surface area (Å²) in [6.07, 6.45) is 2.04. The summed E-state index contributed by atoms with van der Waals surface area (Å²) in [6.45, 7) is 0.0973. The van der Waals surface area contributed by atoms with Gasteiger partial charge < -0.3 is 14.8 Å². The summed E-state index contributed by atoms with van der Waals surface area (Å²) < 4.78 is 25.0. The number of ether oxygens (including phenoxy) is 2. The van der Waals surface area contributed by atoms with Crippen molar-refractivity contribution >= 4 is 11.7 Å². The maximum Gasteiger partial charge on any atom is 0.226 e. The number of methoxy groups -OCH3 is 1. The Balaban J connectivity index is 1.59. The van der Waals surface area contributed by atoms with Gasteiger partial charge in [-0.05, 0) is 23.8 Å². The van der Waals surface area contributed by atoms with E-state index in [2.05, 4.69) is 15.5 Å². The highest BCUT2D eigenvalue weighted by Crippen LogP contribution is 2.39. The van der Waals surface area contributed by atoms with Gasteiger partial charge in [-0.1, -0.05) is 24.3 Å². The molecule has 4 rings (SSSR count). The van der Waals surface area contributed by atoms with Crippen LogP contribution in [0.4, 0.5) is 10.2 Å². The summed E-state index contributed by atoms with van der Waals surface area (Å²) in [5, 5.41) is 9.59. The number of anilines is 1. The van der Waals surface area contributed by atoms with E-state index in [1.807, 2.05) is 12.1 Å². The van der Waals surface area contributed by atoms with E-state index >= 15 is 0 Å². The van der Waals surface area contributed by atoms with Gasteiger partial charge in [0.2, 0.25) is 5.91 Å². The molecule has 0 radical (unpaired) electrons. The number of carbonyl (C=O) groups excluding carboxylic acids is 1. The number of aromatic amines is 1. The van der Waals surface area contributed by atoms with Crippen molar-refractivity contribution < 1.29 is 18.7 Å². The van der Waals surface area contributed by atoms with E-state index in [1.54, 1.807) is 37.6 Å². The van der Waals surface area contributed by atoms with Crippen molar-refractivity contribution in [2.75, 3.05) is 12.4 Å². The van der Waals surface area contributed by atoms with E-state index in [-0.39, 0.29) is 24.2 Å². The molecule has 27 heavy (non-hydrogen) atoms. The molecule has 0 saturated heterocycles. The number of fused-ring (bicyclic) bond motifs is 1. The first kappa shape index (κ1) is 17.1. The fourth-order valence-corrected chi connectivity index (χ4v) is 3.23. The van der Waals surface area contributed by atoms with Crippen LogP contribution in [0, 0.1) is 5.82 Å². The molecule has 0 saturated carbocycles. The van der Waals surface area contributed by atoms with Crippen molar-refractivity contribution in [3.63, 3.8) is 0 Å². The molecule has 0 fully saturated rings. The molecule has 3 aromatic rings. The number of nitrogens with zero attached hydrogens (tertiary/aromatic N) is 1. The lowest BCUT2D eigenvalue weighted by Crippen LogP contribution is -2.23. The number of hydrogen-bond donors (Lipinski definition) is 2. The molecule has 7 heteroatoms. The molecule has 2 heterocycles. The lowest BCUT2D eigenvalue weighted by Gasteiger charge is -2.23. The topological polar surface area (TPSA) is 76.2 Å². The predicted octanol–water partition coefficient (Wildman–Crippen LogP) is 3.61. The van der Waals surface area contributed by atoms with Gasteiger partial charge in [-0.15, -0.1) is 0 Å². The number of carbonyl (C=O) groups is 1. The number of nitrogens with one attached hydrogen (secondary N) is 2. The Bertz CT molecular complexity index is 986. The van der Waals surface area contributed by atoms with Crippen LogP contribution >= 0.6 is 0 Å². The lowest BCUT2D eigenvalue weighted by molar-refractivity contribution is -0.116. The lowest BCUT2D eigenvalue weighted by atomic mass is 9.87. The van der Waals surface area contributed by atoms with Gasteiger partial charge in [-0.3, -0.25) is 9.89 Å². The third-order valence-corrected chi connectivity index (χ3v) is 4.63. The number of hydrogen-bond acceptors (Lipinski definition) is 4. The van der Waals surface area contributed by atoms with Crippen LogP contribution in [0.25, 0.3) is 0 Å². The number of benzene rings is 2. The molecular formula is C20H18FN3O3. The second kappa shape index (κ2) is 7.11. The predicted molar refractivity (Wildman–Crippen MR) is 97.4 cm³/mol. The molecule has 0 bridgehead atoms. The maximum atomic E-state index is 13.8. The number of aromatic nitrogens is 2. The van der Waals surface area contributed by atoms with E-state index in [0.717, 1.165) is 11.1 Å². The fraction of sp³-hybridized carbons (Fsp3) is 0.200. The Morgan fingerprint density at radius 1 is 1.22 bits per heavy atom.